The van der Waals surface area contributed by atoms with Crippen LogP contribution in [0.25, 0.3) is 76.9 Å². The van der Waals surface area contributed by atoms with Crippen LogP contribution in [0.1, 0.15) is 17.3 Å². The van der Waals surface area contributed by atoms with Crippen molar-refractivity contribution in [3.8, 4) is 11.1 Å². The number of hydrogen-bond acceptors (Lipinski definition) is 5. The highest BCUT2D eigenvalue weighted by molar-refractivity contribution is 6.15. The van der Waals surface area contributed by atoms with Crippen molar-refractivity contribution in [1.29, 1.82) is 0 Å². The topological polar surface area (TPSA) is 89.8 Å². The van der Waals surface area contributed by atoms with E-state index < -0.39 is 6.17 Å². The van der Waals surface area contributed by atoms with Crippen LogP contribution in [-0.2, 0) is 0 Å². The van der Waals surface area contributed by atoms with Gasteiger partial charge in [-0.1, -0.05) is 78.9 Å². The van der Waals surface area contributed by atoms with E-state index in [2.05, 4.69) is 47.8 Å². The van der Waals surface area contributed by atoms with E-state index in [0.29, 0.717) is 5.84 Å². The number of aliphatic imine (C=N–C) groups is 1. The number of para-hydroxylation sites is 4. The number of rotatable bonds is 5. The molecule has 6 nitrogen and oxygen atoms in total. The van der Waals surface area contributed by atoms with Gasteiger partial charge in [-0.15, -0.1) is 0 Å². The Morgan fingerprint density at radius 3 is 1.98 bits per heavy atom. The summed E-state index contributed by atoms with van der Waals surface area (Å²) in [5, 5.41) is 9.67. The van der Waals surface area contributed by atoms with Crippen LogP contribution in [0.2, 0.25) is 0 Å². The van der Waals surface area contributed by atoms with Crippen LogP contribution in [0.15, 0.2) is 140 Å². The molecule has 6 heteroatoms. The first-order valence-electron chi connectivity index (χ1n) is 14.9. The lowest BCUT2D eigenvalue weighted by atomic mass is 9.92. The zero-order valence-electron chi connectivity index (χ0n) is 24.4. The Bertz CT molecular complexity index is 2620. The fraction of sp³-hybridized carbons (Fsp3) is 0.0513. The van der Waals surface area contributed by atoms with E-state index in [-0.39, 0.29) is 0 Å². The van der Waals surface area contributed by atoms with Crippen molar-refractivity contribution in [2.24, 2.45) is 10.7 Å². The number of furan rings is 3. The van der Waals surface area contributed by atoms with Crippen molar-refractivity contribution in [1.82, 2.24) is 5.32 Å². The van der Waals surface area contributed by atoms with Gasteiger partial charge in [-0.25, -0.2) is 4.99 Å². The summed E-state index contributed by atoms with van der Waals surface area (Å²) in [6, 6.07) is 40.8. The normalized spacial score (nSPS) is 13.2. The van der Waals surface area contributed by atoms with Crippen molar-refractivity contribution >= 4 is 71.7 Å². The van der Waals surface area contributed by atoms with Crippen molar-refractivity contribution in [3.05, 3.63) is 132 Å². The molecule has 0 aliphatic carbocycles. The first-order valence-corrected chi connectivity index (χ1v) is 14.9. The third-order valence-corrected chi connectivity index (χ3v) is 8.77. The Hall–Kier alpha value is -5.85. The van der Waals surface area contributed by atoms with Gasteiger partial charge >= 0.3 is 0 Å². The lowest BCUT2D eigenvalue weighted by Crippen LogP contribution is -2.22. The Morgan fingerprint density at radius 2 is 1.20 bits per heavy atom. The molecule has 0 fully saturated rings. The lowest BCUT2D eigenvalue weighted by molar-refractivity contribution is 0.628. The molecular formula is C39H27N3O3. The van der Waals surface area contributed by atoms with Crippen molar-refractivity contribution in [2.75, 3.05) is 7.05 Å². The molecule has 216 valence electrons. The number of amidine groups is 1. The molecule has 0 aliphatic heterocycles. The maximum absolute atomic E-state index is 6.85. The molecule has 9 aromatic rings. The molecule has 0 bridgehead atoms. The number of hydrogen-bond donors (Lipinski definition) is 2. The molecule has 0 spiro atoms. The average molecular weight is 586 g/mol. The van der Waals surface area contributed by atoms with E-state index in [1.54, 1.807) is 0 Å². The Labute approximate surface area is 257 Å². The molecule has 45 heavy (non-hydrogen) atoms. The number of nitrogens with one attached hydrogen (secondary N) is 1. The average Bonchev–Trinajstić information content (AvgIpc) is 3.77. The van der Waals surface area contributed by atoms with Crippen molar-refractivity contribution in [2.45, 2.75) is 6.17 Å². The standard InChI is InChI=1S/C39H27N3O3/c1-41-39(42-38(40)28-13-8-12-26-24-9-2-6-15-31(24)45-37(26)28)36-23(18-20-34-35(36)27-11-4-7-16-32(27)44-34)22-17-19-33-29(21-22)25-10-3-5-14-30(25)43-33/h2-21,39,41H,1H3,(H2,40,42). The number of benzene rings is 6. The smallest absolute Gasteiger partial charge is 0.146 e. The minimum Gasteiger partial charge on any atom is -0.456 e. The van der Waals surface area contributed by atoms with Crippen LogP contribution in [0.5, 0.6) is 0 Å². The van der Waals surface area contributed by atoms with Crippen LogP contribution in [0, 0.1) is 0 Å². The van der Waals surface area contributed by atoms with Gasteiger partial charge in [0.2, 0.25) is 0 Å². The summed E-state index contributed by atoms with van der Waals surface area (Å²) < 4.78 is 18.8. The van der Waals surface area contributed by atoms with Gasteiger partial charge in [-0.3, -0.25) is 5.32 Å². The monoisotopic (exact) mass is 585 g/mol. The summed E-state index contributed by atoms with van der Waals surface area (Å²) in [6.07, 6.45) is -0.499. The summed E-state index contributed by atoms with van der Waals surface area (Å²) in [5.74, 6) is 0.381. The van der Waals surface area contributed by atoms with E-state index >= 15 is 0 Å². The molecule has 0 saturated carbocycles. The molecule has 0 saturated heterocycles. The van der Waals surface area contributed by atoms with Crippen LogP contribution in [0.3, 0.4) is 0 Å². The van der Waals surface area contributed by atoms with Gasteiger partial charge in [0, 0.05) is 37.9 Å². The van der Waals surface area contributed by atoms with E-state index in [9.17, 15) is 0 Å². The van der Waals surface area contributed by atoms with E-state index in [1.807, 2.05) is 85.9 Å². The maximum atomic E-state index is 6.85. The molecule has 0 amide bonds. The minimum absolute atomic E-state index is 0.381. The minimum atomic E-state index is -0.499. The van der Waals surface area contributed by atoms with Gasteiger partial charge in [-0.05, 0) is 60.6 Å². The third-order valence-electron chi connectivity index (χ3n) is 8.77. The third kappa shape index (κ3) is 3.89. The maximum Gasteiger partial charge on any atom is 0.146 e. The van der Waals surface area contributed by atoms with E-state index in [0.717, 1.165) is 88.1 Å². The SMILES string of the molecule is CNC(N=C(N)c1cccc2c1oc1ccccc12)c1c(-c2ccc3oc4ccccc4c3c2)ccc2oc3ccccc3c12. The van der Waals surface area contributed by atoms with Gasteiger partial charge in [0.15, 0.2) is 0 Å². The molecule has 1 unspecified atom stereocenters. The van der Waals surface area contributed by atoms with Gasteiger partial charge in [0.25, 0.3) is 0 Å². The number of nitrogens with two attached hydrogens (primary N) is 1. The summed E-state index contributed by atoms with van der Waals surface area (Å²) in [4.78, 5) is 5.14. The quantitative estimate of drug-likeness (QED) is 0.155. The van der Waals surface area contributed by atoms with E-state index in [1.165, 1.54) is 0 Å². The summed E-state index contributed by atoms with van der Waals surface area (Å²) in [6.45, 7) is 0. The predicted molar refractivity (Wildman–Crippen MR) is 183 cm³/mol. The Morgan fingerprint density at radius 1 is 0.600 bits per heavy atom. The van der Waals surface area contributed by atoms with Crippen LogP contribution in [0.4, 0.5) is 0 Å². The molecule has 3 heterocycles. The van der Waals surface area contributed by atoms with E-state index in [4.69, 9.17) is 24.0 Å². The zero-order chi connectivity index (χ0) is 30.1. The van der Waals surface area contributed by atoms with Gasteiger partial charge in [-0.2, -0.15) is 0 Å². The highest BCUT2D eigenvalue weighted by atomic mass is 16.3. The molecule has 0 radical (unpaired) electrons. The van der Waals surface area contributed by atoms with Crippen molar-refractivity contribution in [3.63, 3.8) is 0 Å². The summed E-state index contributed by atoms with van der Waals surface area (Å²) >= 11 is 0. The van der Waals surface area contributed by atoms with Crippen molar-refractivity contribution < 1.29 is 13.3 Å². The molecule has 3 aromatic heterocycles. The van der Waals surface area contributed by atoms with Crippen LogP contribution in [-0.4, -0.2) is 12.9 Å². The molecule has 9 rings (SSSR count). The van der Waals surface area contributed by atoms with Crippen LogP contribution >= 0.6 is 0 Å². The fourth-order valence-corrected chi connectivity index (χ4v) is 6.70. The molecule has 0 aliphatic rings. The lowest BCUT2D eigenvalue weighted by Gasteiger charge is -2.19. The van der Waals surface area contributed by atoms with Gasteiger partial charge in [0.1, 0.15) is 45.5 Å². The van der Waals surface area contributed by atoms with Crippen LogP contribution < -0.4 is 11.1 Å². The second-order valence-electron chi connectivity index (χ2n) is 11.3. The first-order chi connectivity index (χ1) is 22.2. The summed E-state index contributed by atoms with van der Waals surface area (Å²) in [5.41, 5.74) is 15.5. The molecule has 1 atom stereocenters. The Balaban J connectivity index is 1.29. The number of nitrogens with zero attached hydrogens (tertiary/aromatic N) is 1. The highest BCUT2D eigenvalue weighted by Crippen LogP contribution is 2.42. The molecular weight excluding hydrogens is 558 g/mol. The van der Waals surface area contributed by atoms with Gasteiger partial charge < -0.3 is 19.0 Å². The van der Waals surface area contributed by atoms with Gasteiger partial charge in [0.05, 0.1) is 5.56 Å². The predicted octanol–water partition coefficient (Wildman–Crippen LogP) is 9.68. The fourth-order valence-electron chi connectivity index (χ4n) is 6.70. The highest BCUT2D eigenvalue weighted by Gasteiger charge is 2.24. The Kier molecular flexibility index (Phi) is 5.60. The molecule has 6 aromatic carbocycles. The first kappa shape index (κ1) is 25.6. The number of fused-ring (bicyclic) bond motifs is 9. The second-order valence-corrected chi connectivity index (χ2v) is 11.3. The summed E-state index contributed by atoms with van der Waals surface area (Å²) in [7, 11) is 1.90. The molecule has 3 N–H and O–H groups in total. The zero-order valence-corrected chi connectivity index (χ0v) is 24.4. The second kappa shape index (κ2) is 9.84. The largest absolute Gasteiger partial charge is 0.456 e.